The fourth-order valence-electron chi connectivity index (χ4n) is 2.78. The van der Waals surface area contributed by atoms with Crippen molar-refractivity contribution >= 4 is 11.6 Å². The molecule has 3 aromatic rings. The lowest BCUT2D eigenvalue weighted by Crippen LogP contribution is -2.26. The minimum atomic E-state index is 0.694. The number of anilines is 1. The molecule has 0 fully saturated rings. The Hall–Kier alpha value is -3.34. The molecular formula is C22H25N5. The van der Waals surface area contributed by atoms with Crippen LogP contribution in [0.5, 0.6) is 0 Å². The predicted molar refractivity (Wildman–Crippen MR) is 113 cm³/mol. The van der Waals surface area contributed by atoms with Gasteiger partial charge in [0.05, 0.1) is 6.33 Å². The van der Waals surface area contributed by atoms with Crippen molar-refractivity contribution in [3.05, 3.63) is 85.6 Å². The van der Waals surface area contributed by atoms with Crippen LogP contribution in [0.3, 0.4) is 0 Å². The first kappa shape index (κ1) is 18.5. The molecule has 1 heterocycles. The summed E-state index contributed by atoms with van der Waals surface area (Å²) < 4.78 is 2.13. The molecule has 0 aliphatic carbocycles. The van der Waals surface area contributed by atoms with E-state index in [4.69, 9.17) is 0 Å². The largest absolute Gasteiger partial charge is 0.335 e. The lowest BCUT2D eigenvalue weighted by atomic mass is 10.1. The Bertz CT molecular complexity index is 879. The van der Waals surface area contributed by atoms with E-state index in [1.165, 1.54) is 16.8 Å². The minimum absolute atomic E-state index is 0.694. The fraction of sp³-hybridized carbons (Fsp3) is 0.182. The molecule has 0 aliphatic rings. The molecule has 27 heavy (non-hydrogen) atoms. The number of nitrogens with one attached hydrogen (secondary N) is 2. The Morgan fingerprint density at radius 2 is 1.85 bits per heavy atom. The molecule has 0 saturated carbocycles. The maximum atomic E-state index is 4.61. The van der Waals surface area contributed by atoms with Gasteiger partial charge in [-0.15, -0.1) is 0 Å². The highest BCUT2D eigenvalue weighted by Crippen LogP contribution is 2.20. The maximum absolute atomic E-state index is 4.61. The van der Waals surface area contributed by atoms with Crippen molar-refractivity contribution in [2.24, 2.45) is 4.99 Å². The van der Waals surface area contributed by atoms with Gasteiger partial charge in [-0.05, 0) is 42.8 Å². The second kappa shape index (κ2) is 9.38. The third kappa shape index (κ3) is 5.31. The Kier molecular flexibility index (Phi) is 6.41. The molecular weight excluding hydrogens is 334 g/mol. The molecule has 0 amide bonds. The Labute approximate surface area is 160 Å². The minimum Gasteiger partial charge on any atom is -0.335 e. The molecule has 0 spiro atoms. The number of hydrogen-bond donors (Lipinski definition) is 2. The van der Waals surface area contributed by atoms with E-state index < -0.39 is 0 Å². The van der Waals surface area contributed by atoms with Crippen LogP contribution in [0.4, 0.5) is 5.69 Å². The van der Waals surface area contributed by atoms with Crippen LogP contribution in [0.2, 0.25) is 0 Å². The molecule has 0 atom stereocenters. The number of nitrogens with zero attached hydrogens (tertiary/aromatic N) is 3. The molecule has 0 aliphatic heterocycles. The summed E-state index contributed by atoms with van der Waals surface area (Å²) in [6.45, 7) is 7.41. The predicted octanol–water partition coefficient (Wildman–Crippen LogP) is 4.45. The topological polar surface area (TPSA) is 54.2 Å². The van der Waals surface area contributed by atoms with Gasteiger partial charge in [0, 0.05) is 30.7 Å². The van der Waals surface area contributed by atoms with Crippen molar-refractivity contribution in [1.29, 1.82) is 0 Å². The molecule has 0 saturated heterocycles. The quantitative estimate of drug-likeness (QED) is 0.372. The van der Waals surface area contributed by atoms with Crippen molar-refractivity contribution < 1.29 is 0 Å². The lowest BCUT2D eigenvalue weighted by molar-refractivity contribution is 0.636. The van der Waals surface area contributed by atoms with Crippen molar-refractivity contribution in [3.8, 4) is 11.1 Å². The Balaban J connectivity index is 1.58. The Morgan fingerprint density at radius 3 is 2.52 bits per heavy atom. The van der Waals surface area contributed by atoms with Gasteiger partial charge in [-0.25, -0.2) is 4.98 Å². The van der Waals surface area contributed by atoms with Gasteiger partial charge in [0.25, 0.3) is 0 Å². The molecule has 0 bridgehead atoms. The van der Waals surface area contributed by atoms with E-state index >= 15 is 0 Å². The van der Waals surface area contributed by atoms with E-state index in [1.54, 1.807) is 6.20 Å². The van der Waals surface area contributed by atoms with E-state index in [-0.39, 0.29) is 0 Å². The molecule has 0 radical (unpaired) electrons. The number of aromatic nitrogens is 2. The highest BCUT2D eigenvalue weighted by Gasteiger charge is 2.01. The van der Waals surface area contributed by atoms with Crippen molar-refractivity contribution in [1.82, 2.24) is 14.9 Å². The average molecular weight is 359 g/mol. The molecule has 1 aromatic heterocycles. The van der Waals surface area contributed by atoms with Gasteiger partial charge < -0.3 is 15.2 Å². The number of hydrogen-bond acceptors (Lipinski definition) is 2. The number of rotatable bonds is 7. The number of aryl methyl sites for hydroxylation is 2. The molecule has 2 aromatic carbocycles. The van der Waals surface area contributed by atoms with Gasteiger partial charge in [0.15, 0.2) is 5.96 Å². The van der Waals surface area contributed by atoms with Crippen molar-refractivity contribution in [2.75, 3.05) is 11.9 Å². The number of benzene rings is 2. The Morgan fingerprint density at radius 1 is 1.11 bits per heavy atom. The molecule has 5 nitrogen and oxygen atoms in total. The summed E-state index contributed by atoms with van der Waals surface area (Å²) in [5.74, 6) is 0.694. The normalized spacial score (nSPS) is 11.2. The summed E-state index contributed by atoms with van der Waals surface area (Å²) in [5.41, 5.74) is 4.54. The lowest BCUT2D eigenvalue weighted by Gasteiger charge is -2.11. The first-order valence-corrected chi connectivity index (χ1v) is 9.07. The van der Waals surface area contributed by atoms with Crippen LogP contribution in [-0.2, 0) is 6.54 Å². The number of imidazole rings is 1. The van der Waals surface area contributed by atoms with Gasteiger partial charge in [-0.2, -0.15) is 0 Å². The molecule has 2 N–H and O–H groups in total. The van der Waals surface area contributed by atoms with Gasteiger partial charge in [-0.1, -0.05) is 49.0 Å². The maximum Gasteiger partial charge on any atom is 0.199 e. The zero-order chi connectivity index (χ0) is 18.9. The fourth-order valence-corrected chi connectivity index (χ4v) is 2.78. The highest BCUT2D eigenvalue weighted by molar-refractivity contribution is 5.94. The van der Waals surface area contributed by atoms with E-state index in [9.17, 15) is 0 Å². The second-order valence-corrected chi connectivity index (χ2v) is 6.23. The van der Waals surface area contributed by atoms with E-state index in [0.29, 0.717) is 12.5 Å². The van der Waals surface area contributed by atoms with Crippen LogP contribution in [-0.4, -0.2) is 22.1 Å². The SMILES string of the molecule is C=CNC(=NCCCn1cncc1C)Nc1ccc(-c2ccccc2)cc1. The van der Waals surface area contributed by atoms with Crippen LogP contribution >= 0.6 is 0 Å². The first-order chi connectivity index (χ1) is 13.3. The van der Waals surface area contributed by atoms with Crippen LogP contribution in [0.1, 0.15) is 12.1 Å². The van der Waals surface area contributed by atoms with Crippen molar-refractivity contribution in [3.63, 3.8) is 0 Å². The summed E-state index contributed by atoms with van der Waals surface area (Å²) in [4.78, 5) is 8.75. The van der Waals surface area contributed by atoms with Crippen molar-refractivity contribution in [2.45, 2.75) is 19.9 Å². The van der Waals surface area contributed by atoms with Crippen LogP contribution < -0.4 is 10.6 Å². The van der Waals surface area contributed by atoms with E-state index in [1.807, 2.05) is 30.7 Å². The van der Waals surface area contributed by atoms with Gasteiger partial charge in [0.2, 0.25) is 0 Å². The summed E-state index contributed by atoms with van der Waals surface area (Å²) in [5, 5.41) is 6.38. The van der Waals surface area contributed by atoms with Crippen LogP contribution in [0.15, 0.2) is 84.9 Å². The second-order valence-electron chi connectivity index (χ2n) is 6.23. The molecule has 138 valence electrons. The zero-order valence-corrected chi connectivity index (χ0v) is 15.6. The summed E-state index contributed by atoms with van der Waals surface area (Å²) in [6.07, 6.45) is 6.29. The zero-order valence-electron chi connectivity index (χ0n) is 15.6. The van der Waals surface area contributed by atoms with Crippen LogP contribution in [0.25, 0.3) is 11.1 Å². The van der Waals surface area contributed by atoms with Gasteiger partial charge in [0.1, 0.15) is 0 Å². The van der Waals surface area contributed by atoms with Gasteiger partial charge in [-0.3, -0.25) is 4.99 Å². The molecule has 3 rings (SSSR count). The third-order valence-corrected chi connectivity index (χ3v) is 4.24. The first-order valence-electron chi connectivity index (χ1n) is 9.07. The highest BCUT2D eigenvalue weighted by atomic mass is 15.2. The molecule has 5 heteroatoms. The standard InChI is InChI=1S/C22H25N5/c1-3-24-22(25-14-7-15-27-17-23-16-18(27)2)26-21-12-10-20(11-13-21)19-8-5-4-6-9-19/h3-6,8-13,16-17H,1,7,14-15H2,2H3,(H2,24,25,26). The smallest absolute Gasteiger partial charge is 0.199 e. The number of aliphatic imine (C=N–C) groups is 1. The summed E-state index contributed by atoms with van der Waals surface area (Å²) in [6, 6.07) is 18.6. The van der Waals surface area contributed by atoms with E-state index in [2.05, 4.69) is 75.1 Å². The van der Waals surface area contributed by atoms with E-state index in [0.717, 1.165) is 18.7 Å². The summed E-state index contributed by atoms with van der Waals surface area (Å²) in [7, 11) is 0. The van der Waals surface area contributed by atoms with Gasteiger partial charge >= 0.3 is 0 Å². The summed E-state index contributed by atoms with van der Waals surface area (Å²) >= 11 is 0. The third-order valence-electron chi connectivity index (χ3n) is 4.24. The monoisotopic (exact) mass is 359 g/mol. The molecule has 0 unspecified atom stereocenters. The average Bonchev–Trinajstić information content (AvgIpc) is 3.11. The van der Waals surface area contributed by atoms with Crippen LogP contribution in [0, 0.1) is 6.92 Å². The number of guanidine groups is 1.